The summed E-state index contributed by atoms with van der Waals surface area (Å²) in [4.78, 5) is 3.91. The summed E-state index contributed by atoms with van der Waals surface area (Å²) in [6.07, 6.45) is 0.657. The molecule has 0 saturated heterocycles. The Bertz CT molecular complexity index is 742. The van der Waals surface area contributed by atoms with E-state index in [0.717, 1.165) is 5.56 Å². The predicted molar refractivity (Wildman–Crippen MR) is 93.3 cm³/mol. The van der Waals surface area contributed by atoms with Gasteiger partial charge in [-0.15, -0.1) is 0 Å². The molecule has 0 N–H and O–H groups in total. The van der Waals surface area contributed by atoms with Crippen molar-refractivity contribution < 1.29 is 9.47 Å². The highest BCUT2D eigenvalue weighted by Crippen LogP contribution is 2.39. The van der Waals surface area contributed by atoms with Gasteiger partial charge in [-0.25, -0.2) is 0 Å². The second-order valence-electron chi connectivity index (χ2n) is 5.62. The highest BCUT2D eigenvalue weighted by Gasteiger charge is 2.39. The van der Waals surface area contributed by atoms with E-state index in [2.05, 4.69) is 18.2 Å². The Hall–Kier alpha value is -3.37. The van der Waals surface area contributed by atoms with Crippen LogP contribution in [0.3, 0.4) is 0 Å². The van der Waals surface area contributed by atoms with Crippen molar-refractivity contribution in [3.63, 3.8) is 0 Å². The molecule has 0 radical (unpaired) electrons. The third-order valence-corrected chi connectivity index (χ3v) is 3.89. The van der Waals surface area contributed by atoms with Crippen molar-refractivity contribution in [3.8, 4) is 18.2 Å². The topological polar surface area (TPSA) is 96.3 Å². The van der Waals surface area contributed by atoms with Crippen molar-refractivity contribution in [2.24, 2.45) is 0 Å². The second-order valence-corrected chi connectivity index (χ2v) is 5.62. The SMILES string of the molecule is CN1C(OCCC#N)=C(OCCC#N)N(CCC#N)C1c1ccccc1. The van der Waals surface area contributed by atoms with Gasteiger partial charge in [-0.05, 0) is 5.56 Å². The van der Waals surface area contributed by atoms with E-state index in [1.54, 1.807) is 0 Å². The Kier molecular flexibility index (Phi) is 7.16. The highest BCUT2D eigenvalue weighted by atomic mass is 16.5. The maximum atomic E-state index is 9.03. The van der Waals surface area contributed by atoms with Crippen molar-refractivity contribution in [2.45, 2.75) is 25.4 Å². The minimum atomic E-state index is -0.182. The zero-order valence-corrected chi connectivity index (χ0v) is 14.8. The third-order valence-electron chi connectivity index (χ3n) is 3.89. The first-order valence-corrected chi connectivity index (χ1v) is 8.39. The molecule has 0 fully saturated rings. The van der Waals surface area contributed by atoms with Crippen molar-refractivity contribution in [2.75, 3.05) is 26.8 Å². The van der Waals surface area contributed by atoms with Gasteiger partial charge in [-0.1, -0.05) is 30.3 Å². The molecule has 1 unspecified atom stereocenters. The summed E-state index contributed by atoms with van der Waals surface area (Å²) < 4.78 is 11.7. The number of benzene rings is 1. The first kappa shape index (κ1) is 19.0. The lowest BCUT2D eigenvalue weighted by atomic mass is 10.1. The van der Waals surface area contributed by atoms with E-state index in [0.29, 0.717) is 24.7 Å². The van der Waals surface area contributed by atoms with Gasteiger partial charge in [0, 0.05) is 13.6 Å². The maximum absolute atomic E-state index is 9.03. The van der Waals surface area contributed by atoms with Crippen LogP contribution < -0.4 is 0 Å². The van der Waals surface area contributed by atoms with Crippen LogP contribution in [0.1, 0.15) is 31.0 Å². The summed E-state index contributed by atoms with van der Waals surface area (Å²) in [6, 6.07) is 16.1. The summed E-state index contributed by atoms with van der Waals surface area (Å²) in [7, 11) is 1.89. The summed E-state index contributed by atoms with van der Waals surface area (Å²) in [5.41, 5.74) is 1.04. The van der Waals surface area contributed by atoms with Crippen molar-refractivity contribution in [1.29, 1.82) is 15.8 Å². The summed E-state index contributed by atoms with van der Waals surface area (Å²) >= 11 is 0. The number of nitriles is 3. The molecule has 0 amide bonds. The van der Waals surface area contributed by atoms with E-state index < -0.39 is 0 Å². The van der Waals surface area contributed by atoms with E-state index in [1.165, 1.54) is 0 Å². The molecule has 0 bridgehead atoms. The smallest absolute Gasteiger partial charge is 0.253 e. The molecule has 7 nitrogen and oxygen atoms in total. The minimum absolute atomic E-state index is 0.182. The van der Waals surface area contributed by atoms with Gasteiger partial charge in [-0.2, -0.15) is 15.8 Å². The lowest BCUT2D eigenvalue weighted by Gasteiger charge is -2.31. The Balaban J connectivity index is 2.35. The molecule has 26 heavy (non-hydrogen) atoms. The average Bonchev–Trinajstić information content (AvgIpc) is 2.92. The molecule has 0 saturated carbocycles. The standard InChI is InChI=1S/C19H21N5O2/c1-23-17(16-8-3-2-4-9-16)24(13-5-10-20)19(26-15-7-12-22)18(23)25-14-6-11-21/h2-4,8-9,17H,5-7,13-15H2,1H3. The van der Waals surface area contributed by atoms with Crippen LogP contribution >= 0.6 is 0 Å². The molecule has 1 aromatic rings. The number of nitrogens with zero attached hydrogens (tertiary/aromatic N) is 5. The van der Waals surface area contributed by atoms with Gasteiger partial charge in [0.2, 0.25) is 0 Å². The Morgan fingerprint density at radius 1 is 0.885 bits per heavy atom. The molecule has 7 heteroatoms. The van der Waals surface area contributed by atoms with Gasteiger partial charge < -0.3 is 19.3 Å². The quantitative estimate of drug-likeness (QED) is 0.631. The van der Waals surface area contributed by atoms with E-state index in [-0.39, 0.29) is 32.2 Å². The summed E-state index contributed by atoms with van der Waals surface area (Å²) in [5.74, 6) is 1.02. The van der Waals surface area contributed by atoms with Crippen molar-refractivity contribution >= 4 is 0 Å². The fraction of sp³-hybridized carbons (Fsp3) is 0.421. The first-order valence-electron chi connectivity index (χ1n) is 8.39. The summed E-state index contributed by atoms with van der Waals surface area (Å²) in [5, 5.41) is 26.6. The zero-order chi connectivity index (χ0) is 18.8. The van der Waals surface area contributed by atoms with Crippen LogP contribution in [-0.2, 0) is 9.47 Å². The van der Waals surface area contributed by atoms with E-state index >= 15 is 0 Å². The Morgan fingerprint density at radius 3 is 2.04 bits per heavy atom. The Labute approximate surface area is 153 Å². The average molecular weight is 351 g/mol. The first-order chi connectivity index (χ1) is 12.7. The zero-order valence-electron chi connectivity index (χ0n) is 14.8. The van der Waals surface area contributed by atoms with Gasteiger partial charge in [0.1, 0.15) is 19.4 Å². The van der Waals surface area contributed by atoms with Gasteiger partial charge in [0.25, 0.3) is 11.8 Å². The molecule has 1 aliphatic rings. The maximum Gasteiger partial charge on any atom is 0.253 e. The van der Waals surface area contributed by atoms with Crippen molar-refractivity contribution in [1.82, 2.24) is 9.80 Å². The summed E-state index contributed by atoms with van der Waals surface area (Å²) in [6.45, 7) is 0.942. The number of rotatable bonds is 9. The van der Waals surface area contributed by atoms with Crippen LogP contribution in [0, 0.1) is 34.0 Å². The van der Waals surface area contributed by atoms with Gasteiger partial charge in [0.15, 0.2) is 0 Å². The molecule has 0 aromatic heterocycles. The number of ether oxygens (including phenoxy) is 2. The Morgan fingerprint density at radius 2 is 1.46 bits per heavy atom. The molecule has 1 atom stereocenters. The molecule has 1 heterocycles. The van der Waals surface area contributed by atoms with Gasteiger partial charge in [-0.3, -0.25) is 0 Å². The van der Waals surface area contributed by atoms with Crippen LogP contribution in [-0.4, -0.2) is 36.6 Å². The van der Waals surface area contributed by atoms with E-state index in [1.807, 2.05) is 47.2 Å². The lowest BCUT2D eigenvalue weighted by Crippen LogP contribution is -2.32. The fourth-order valence-corrected chi connectivity index (χ4v) is 2.82. The fourth-order valence-electron chi connectivity index (χ4n) is 2.82. The van der Waals surface area contributed by atoms with Crippen molar-refractivity contribution in [3.05, 3.63) is 47.7 Å². The van der Waals surface area contributed by atoms with E-state index in [9.17, 15) is 0 Å². The number of hydrogen-bond acceptors (Lipinski definition) is 7. The van der Waals surface area contributed by atoms with Crippen LogP contribution in [0.15, 0.2) is 42.1 Å². The van der Waals surface area contributed by atoms with Crippen LogP contribution in [0.5, 0.6) is 0 Å². The number of hydrogen-bond donors (Lipinski definition) is 0. The molecule has 2 rings (SSSR count). The predicted octanol–water partition coefficient (Wildman–Crippen LogP) is 2.83. The van der Waals surface area contributed by atoms with Crippen LogP contribution in [0.4, 0.5) is 0 Å². The molecule has 0 aliphatic carbocycles. The van der Waals surface area contributed by atoms with E-state index in [4.69, 9.17) is 25.3 Å². The minimum Gasteiger partial charge on any atom is -0.474 e. The molecule has 0 spiro atoms. The molecule has 1 aromatic carbocycles. The largest absolute Gasteiger partial charge is 0.474 e. The highest BCUT2D eigenvalue weighted by molar-refractivity contribution is 5.25. The van der Waals surface area contributed by atoms with Gasteiger partial charge in [0.05, 0.1) is 37.5 Å². The molecular formula is C19H21N5O2. The van der Waals surface area contributed by atoms with Crippen LogP contribution in [0.25, 0.3) is 0 Å². The lowest BCUT2D eigenvalue weighted by molar-refractivity contribution is 0.0764. The van der Waals surface area contributed by atoms with Crippen LogP contribution in [0.2, 0.25) is 0 Å². The third kappa shape index (κ3) is 4.37. The normalized spacial score (nSPS) is 16.0. The molecule has 1 aliphatic heterocycles. The van der Waals surface area contributed by atoms with Gasteiger partial charge >= 0.3 is 0 Å². The molecular weight excluding hydrogens is 330 g/mol. The second kappa shape index (κ2) is 9.81. The molecule has 134 valence electrons. The monoisotopic (exact) mass is 351 g/mol.